The third-order valence-corrected chi connectivity index (χ3v) is 5.54. The standard InChI is InChI=1S/C20H23ClN6O3/c1-2-26(12-11-25-9-3-4-10-25)20(29)30-19-17-16(22-7-8-23-17)18(28)27(19)15-6-5-14(21)13-24-15/h5-8,13,19H,2-4,9-12H2,1H3/t19-/m0/s1. The Morgan fingerprint density at radius 2 is 2.00 bits per heavy atom. The van der Waals surface area contributed by atoms with Crippen LogP contribution in [0.1, 0.15) is 42.2 Å². The van der Waals surface area contributed by atoms with Crippen LogP contribution < -0.4 is 4.90 Å². The molecule has 0 N–H and O–H groups in total. The fraction of sp³-hybridized carbons (Fsp3) is 0.450. The zero-order valence-corrected chi connectivity index (χ0v) is 17.5. The molecule has 1 atom stereocenters. The molecule has 0 aliphatic carbocycles. The second kappa shape index (κ2) is 8.93. The summed E-state index contributed by atoms with van der Waals surface area (Å²) in [5.41, 5.74) is 0.440. The van der Waals surface area contributed by atoms with Crippen molar-refractivity contribution in [2.75, 3.05) is 37.6 Å². The summed E-state index contributed by atoms with van der Waals surface area (Å²) in [6, 6.07) is 3.21. The quantitative estimate of drug-likeness (QED) is 0.695. The van der Waals surface area contributed by atoms with Crippen LogP contribution >= 0.6 is 11.6 Å². The summed E-state index contributed by atoms with van der Waals surface area (Å²) in [4.78, 5) is 43.7. The SMILES string of the molecule is CCN(CCN1CCCC1)C(=O)O[C@H]1c2nccnc2C(=O)N1c1ccc(Cl)cn1. The molecule has 2 aliphatic rings. The number of hydrogen-bond acceptors (Lipinski definition) is 7. The van der Waals surface area contributed by atoms with E-state index in [0.29, 0.717) is 29.6 Å². The normalized spacial score (nSPS) is 18.5. The van der Waals surface area contributed by atoms with E-state index in [2.05, 4.69) is 19.9 Å². The van der Waals surface area contributed by atoms with Gasteiger partial charge < -0.3 is 14.5 Å². The molecular weight excluding hydrogens is 408 g/mol. The first kappa shape index (κ1) is 20.5. The number of ether oxygens (including phenoxy) is 1. The van der Waals surface area contributed by atoms with Gasteiger partial charge in [-0.15, -0.1) is 0 Å². The van der Waals surface area contributed by atoms with Crippen LogP contribution in [0.25, 0.3) is 0 Å². The van der Waals surface area contributed by atoms with Gasteiger partial charge in [-0.2, -0.15) is 0 Å². The highest BCUT2D eigenvalue weighted by Crippen LogP contribution is 2.35. The van der Waals surface area contributed by atoms with E-state index in [1.807, 2.05) is 6.92 Å². The number of carbonyl (C=O) groups is 2. The second-order valence-corrected chi connectivity index (χ2v) is 7.60. The number of fused-ring (bicyclic) bond motifs is 1. The number of carbonyl (C=O) groups excluding carboxylic acids is 2. The molecule has 2 aromatic heterocycles. The first-order valence-corrected chi connectivity index (χ1v) is 10.4. The molecule has 4 rings (SSSR count). The van der Waals surface area contributed by atoms with Crippen LogP contribution in [0.3, 0.4) is 0 Å². The molecule has 2 aliphatic heterocycles. The summed E-state index contributed by atoms with van der Waals surface area (Å²) >= 11 is 5.93. The summed E-state index contributed by atoms with van der Waals surface area (Å²) in [7, 11) is 0. The van der Waals surface area contributed by atoms with Crippen molar-refractivity contribution in [3.63, 3.8) is 0 Å². The minimum absolute atomic E-state index is 0.146. The maximum atomic E-state index is 13.0. The lowest BCUT2D eigenvalue weighted by Gasteiger charge is -2.28. The zero-order chi connectivity index (χ0) is 21.1. The van der Waals surface area contributed by atoms with Crippen molar-refractivity contribution in [3.05, 3.63) is 47.1 Å². The zero-order valence-electron chi connectivity index (χ0n) is 16.7. The van der Waals surface area contributed by atoms with Gasteiger partial charge in [0.15, 0.2) is 5.69 Å². The lowest BCUT2D eigenvalue weighted by molar-refractivity contribution is 0.0584. The first-order chi connectivity index (χ1) is 14.6. The Kier molecular flexibility index (Phi) is 6.10. The van der Waals surface area contributed by atoms with E-state index in [1.54, 1.807) is 17.0 Å². The summed E-state index contributed by atoms with van der Waals surface area (Å²) in [6.45, 7) is 5.87. The average Bonchev–Trinajstić information content (AvgIpc) is 3.37. The van der Waals surface area contributed by atoms with Gasteiger partial charge in [-0.1, -0.05) is 11.6 Å². The molecule has 1 fully saturated rings. The molecule has 1 saturated heterocycles. The number of aromatic nitrogens is 3. The maximum Gasteiger partial charge on any atom is 0.412 e. The van der Waals surface area contributed by atoms with Crippen LogP contribution in [0.2, 0.25) is 5.02 Å². The van der Waals surface area contributed by atoms with E-state index < -0.39 is 18.2 Å². The van der Waals surface area contributed by atoms with Gasteiger partial charge in [-0.05, 0) is 45.0 Å². The Morgan fingerprint density at radius 1 is 1.23 bits per heavy atom. The van der Waals surface area contributed by atoms with Crippen LogP contribution in [-0.4, -0.2) is 69.5 Å². The Hall–Kier alpha value is -2.78. The molecule has 4 heterocycles. The molecule has 158 valence electrons. The minimum Gasteiger partial charge on any atom is -0.419 e. The van der Waals surface area contributed by atoms with Crippen molar-refractivity contribution in [2.24, 2.45) is 0 Å². The van der Waals surface area contributed by atoms with Crippen molar-refractivity contribution in [1.82, 2.24) is 24.8 Å². The number of amides is 2. The van der Waals surface area contributed by atoms with Crippen LogP contribution in [0.4, 0.5) is 10.6 Å². The molecule has 0 unspecified atom stereocenters. The third kappa shape index (κ3) is 4.08. The molecule has 30 heavy (non-hydrogen) atoms. The van der Waals surface area contributed by atoms with E-state index in [4.69, 9.17) is 16.3 Å². The van der Waals surface area contributed by atoms with E-state index in [1.165, 1.54) is 36.3 Å². The highest BCUT2D eigenvalue weighted by molar-refractivity contribution is 6.30. The molecule has 2 aromatic rings. The Bertz CT molecular complexity index is 919. The summed E-state index contributed by atoms with van der Waals surface area (Å²) in [5, 5.41) is 0.437. The smallest absolute Gasteiger partial charge is 0.412 e. The summed E-state index contributed by atoms with van der Waals surface area (Å²) < 4.78 is 5.77. The van der Waals surface area contributed by atoms with Gasteiger partial charge in [0.05, 0.1) is 5.02 Å². The fourth-order valence-corrected chi connectivity index (χ4v) is 3.81. The van der Waals surface area contributed by atoms with E-state index in [9.17, 15) is 9.59 Å². The average molecular weight is 431 g/mol. The van der Waals surface area contributed by atoms with Crippen LogP contribution in [0, 0.1) is 0 Å². The maximum absolute atomic E-state index is 13.0. The van der Waals surface area contributed by atoms with Gasteiger partial charge >= 0.3 is 6.09 Å². The number of rotatable bonds is 6. The Labute approximate surface area is 179 Å². The van der Waals surface area contributed by atoms with Crippen molar-refractivity contribution >= 4 is 29.4 Å². The molecule has 10 heteroatoms. The van der Waals surface area contributed by atoms with Gasteiger partial charge in [-0.3, -0.25) is 9.78 Å². The van der Waals surface area contributed by atoms with E-state index in [0.717, 1.165) is 19.6 Å². The van der Waals surface area contributed by atoms with Crippen molar-refractivity contribution in [1.29, 1.82) is 0 Å². The van der Waals surface area contributed by atoms with Gasteiger partial charge in [0.2, 0.25) is 6.23 Å². The predicted octanol–water partition coefficient (Wildman–Crippen LogP) is 2.74. The van der Waals surface area contributed by atoms with Crippen LogP contribution in [0.15, 0.2) is 30.7 Å². The van der Waals surface area contributed by atoms with E-state index >= 15 is 0 Å². The predicted molar refractivity (Wildman–Crippen MR) is 110 cm³/mol. The highest BCUT2D eigenvalue weighted by Gasteiger charge is 2.44. The lowest BCUT2D eigenvalue weighted by atomic mass is 10.3. The number of hydrogen-bond donors (Lipinski definition) is 0. The first-order valence-electron chi connectivity index (χ1n) is 10.0. The molecule has 2 amide bonds. The monoisotopic (exact) mass is 430 g/mol. The molecule has 0 bridgehead atoms. The summed E-state index contributed by atoms with van der Waals surface area (Å²) in [6.07, 6.45) is 5.18. The topological polar surface area (TPSA) is 91.8 Å². The largest absolute Gasteiger partial charge is 0.419 e. The van der Waals surface area contributed by atoms with Crippen molar-refractivity contribution < 1.29 is 14.3 Å². The molecular formula is C20H23ClN6O3. The van der Waals surface area contributed by atoms with Gasteiger partial charge in [0, 0.05) is 38.2 Å². The highest BCUT2D eigenvalue weighted by atomic mass is 35.5. The molecule has 0 aromatic carbocycles. The lowest BCUT2D eigenvalue weighted by Crippen LogP contribution is -2.40. The van der Waals surface area contributed by atoms with Gasteiger partial charge in [0.1, 0.15) is 11.5 Å². The molecule has 0 saturated carbocycles. The third-order valence-electron chi connectivity index (χ3n) is 5.31. The minimum atomic E-state index is -1.04. The Balaban J connectivity index is 1.55. The van der Waals surface area contributed by atoms with Crippen molar-refractivity contribution in [2.45, 2.75) is 26.0 Å². The molecule has 0 spiro atoms. The van der Waals surface area contributed by atoms with E-state index in [-0.39, 0.29) is 5.69 Å². The van der Waals surface area contributed by atoms with Crippen molar-refractivity contribution in [3.8, 4) is 0 Å². The number of anilines is 1. The Morgan fingerprint density at radius 3 is 2.70 bits per heavy atom. The number of nitrogens with zero attached hydrogens (tertiary/aromatic N) is 6. The van der Waals surface area contributed by atoms with Crippen LogP contribution in [-0.2, 0) is 4.74 Å². The second-order valence-electron chi connectivity index (χ2n) is 7.16. The molecule has 9 nitrogen and oxygen atoms in total. The number of likely N-dealkylation sites (N-methyl/N-ethyl adjacent to an activating group) is 1. The van der Waals surface area contributed by atoms with Crippen LogP contribution in [0.5, 0.6) is 0 Å². The number of pyridine rings is 1. The number of likely N-dealkylation sites (tertiary alicyclic amines) is 1. The fourth-order valence-electron chi connectivity index (χ4n) is 3.70. The van der Waals surface area contributed by atoms with Gasteiger partial charge in [0.25, 0.3) is 5.91 Å². The van der Waals surface area contributed by atoms with Gasteiger partial charge in [-0.25, -0.2) is 19.7 Å². The summed E-state index contributed by atoms with van der Waals surface area (Å²) in [5.74, 6) is -0.118. The molecule has 0 radical (unpaired) electrons. The number of halogens is 1.